The molecule has 24 heavy (non-hydrogen) atoms. The summed E-state index contributed by atoms with van der Waals surface area (Å²) in [5, 5.41) is 14.4. The fourth-order valence-electron chi connectivity index (χ4n) is 2.87. The molecule has 6 nitrogen and oxygen atoms in total. The molecule has 3 rings (SSSR count). The molecule has 0 bridgehead atoms. The van der Waals surface area contributed by atoms with E-state index in [1.54, 1.807) is 28.9 Å². The van der Waals surface area contributed by atoms with E-state index in [0.717, 1.165) is 5.69 Å². The highest BCUT2D eigenvalue weighted by Crippen LogP contribution is 2.26. The first-order chi connectivity index (χ1) is 11.4. The number of carbonyl (C=O) groups excluding carboxylic acids is 1. The number of carboxylic acids is 1. The zero-order valence-corrected chi connectivity index (χ0v) is 14.4. The van der Waals surface area contributed by atoms with Gasteiger partial charge in [-0.05, 0) is 44.0 Å². The zero-order valence-electron chi connectivity index (χ0n) is 12.9. The van der Waals surface area contributed by atoms with Crippen LogP contribution in [0.1, 0.15) is 29.0 Å². The van der Waals surface area contributed by atoms with Crippen LogP contribution >= 0.6 is 23.2 Å². The van der Waals surface area contributed by atoms with Gasteiger partial charge in [0.05, 0.1) is 15.7 Å². The van der Waals surface area contributed by atoms with Crippen molar-refractivity contribution in [3.05, 3.63) is 45.7 Å². The first-order valence-corrected chi connectivity index (χ1v) is 8.20. The number of carboxylic acid groups (broad SMARTS) is 1. The Labute approximate surface area is 148 Å². The Morgan fingerprint density at radius 2 is 2.00 bits per heavy atom. The fourth-order valence-corrected chi connectivity index (χ4v) is 3.16. The van der Waals surface area contributed by atoms with Crippen molar-refractivity contribution in [3.8, 4) is 5.69 Å². The van der Waals surface area contributed by atoms with Crippen LogP contribution in [0.3, 0.4) is 0 Å². The molecule has 1 aliphatic heterocycles. The Morgan fingerprint density at radius 1 is 1.25 bits per heavy atom. The minimum absolute atomic E-state index is 0.215. The van der Waals surface area contributed by atoms with Crippen molar-refractivity contribution in [2.24, 2.45) is 0 Å². The summed E-state index contributed by atoms with van der Waals surface area (Å²) < 4.78 is 1.58. The average Bonchev–Trinajstić information content (AvgIpc) is 3.16. The van der Waals surface area contributed by atoms with Gasteiger partial charge in [-0.3, -0.25) is 4.79 Å². The van der Waals surface area contributed by atoms with Gasteiger partial charge in [0.2, 0.25) is 0 Å². The molecule has 1 atom stereocenters. The number of benzene rings is 1. The molecule has 126 valence electrons. The predicted molar refractivity (Wildman–Crippen MR) is 90.0 cm³/mol. The molecule has 0 radical (unpaired) electrons. The Hall–Kier alpha value is -2.05. The van der Waals surface area contributed by atoms with Gasteiger partial charge in [-0.15, -0.1) is 0 Å². The van der Waals surface area contributed by atoms with Gasteiger partial charge >= 0.3 is 5.97 Å². The predicted octanol–water partition coefficient (Wildman–Crippen LogP) is 3.18. The van der Waals surface area contributed by atoms with E-state index in [2.05, 4.69) is 5.10 Å². The van der Waals surface area contributed by atoms with Crippen molar-refractivity contribution in [3.63, 3.8) is 0 Å². The van der Waals surface area contributed by atoms with Crippen LogP contribution in [0.15, 0.2) is 24.3 Å². The van der Waals surface area contributed by atoms with E-state index in [1.165, 1.54) is 4.90 Å². The standard InChI is InChI=1S/C16H15Cl2N3O3/c1-9-7-13(15(22)20-6-2-3-14(20)16(23)24)19-21(9)10-4-5-11(17)12(18)8-10/h4-5,7-8,14H,2-3,6H2,1H3,(H,23,24)/t14-/m1/s1. The molecule has 1 N–H and O–H groups in total. The number of carbonyl (C=O) groups is 2. The van der Waals surface area contributed by atoms with E-state index in [9.17, 15) is 14.7 Å². The van der Waals surface area contributed by atoms with Crippen LogP contribution in [-0.4, -0.2) is 44.3 Å². The zero-order chi connectivity index (χ0) is 17.4. The molecule has 0 unspecified atom stereocenters. The minimum atomic E-state index is -0.985. The van der Waals surface area contributed by atoms with Crippen LogP contribution in [0.4, 0.5) is 0 Å². The number of hydrogen-bond acceptors (Lipinski definition) is 3. The number of amides is 1. The fraction of sp³-hybridized carbons (Fsp3) is 0.312. The Morgan fingerprint density at radius 3 is 2.67 bits per heavy atom. The molecule has 2 aromatic rings. The van der Waals surface area contributed by atoms with Crippen LogP contribution in [0.2, 0.25) is 10.0 Å². The molecule has 0 spiro atoms. The van der Waals surface area contributed by atoms with Crippen molar-refractivity contribution in [2.45, 2.75) is 25.8 Å². The number of aliphatic carboxylic acids is 1. The summed E-state index contributed by atoms with van der Waals surface area (Å²) in [6.45, 7) is 2.24. The highest BCUT2D eigenvalue weighted by molar-refractivity contribution is 6.42. The van der Waals surface area contributed by atoms with Gasteiger partial charge in [0, 0.05) is 12.2 Å². The average molecular weight is 368 g/mol. The van der Waals surface area contributed by atoms with E-state index in [0.29, 0.717) is 35.1 Å². The van der Waals surface area contributed by atoms with Gasteiger partial charge in [0.25, 0.3) is 5.91 Å². The molecule has 0 saturated carbocycles. The maximum Gasteiger partial charge on any atom is 0.326 e. The summed E-state index contributed by atoms with van der Waals surface area (Å²) in [4.78, 5) is 25.2. The van der Waals surface area contributed by atoms with Crippen molar-refractivity contribution in [1.82, 2.24) is 14.7 Å². The molecule has 1 amide bonds. The largest absolute Gasteiger partial charge is 0.480 e. The van der Waals surface area contributed by atoms with Gasteiger partial charge in [-0.25, -0.2) is 9.48 Å². The highest BCUT2D eigenvalue weighted by atomic mass is 35.5. The lowest BCUT2D eigenvalue weighted by Crippen LogP contribution is -2.40. The van der Waals surface area contributed by atoms with Crippen molar-refractivity contribution >= 4 is 35.1 Å². The van der Waals surface area contributed by atoms with E-state index < -0.39 is 12.0 Å². The summed E-state index contributed by atoms with van der Waals surface area (Å²) >= 11 is 11.9. The Kier molecular flexibility index (Phi) is 4.51. The topological polar surface area (TPSA) is 75.4 Å². The second-order valence-corrected chi connectivity index (χ2v) is 6.49. The van der Waals surface area contributed by atoms with Gasteiger partial charge in [0.1, 0.15) is 6.04 Å². The quantitative estimate of drug-likeness (QED) is 0.903. The number of likely N-dealkylation sites (tertiary alicyclic amines) is 1. The van der Waals surface area contributed by atoms with Crippen molar-refractivity contribution in [1.29, 1.82) is 0 Å². The highest BCUT2D eigenvalue weighted by Gasteiger charge is 2.35. The van der Waals surface area contributed by atoms with Gasteiger partial charge in [-0.2, -0.15) is 5.10 Å². The molecule has 1 aliphatic rings. The van der Waals surface area contributed by atoms with Crippen LogP contribution in [0, 0.1) is 6.92 Å². The lowest BCUT2D eigenvalue weighted by molar-refractivity contribution is -0.141. The summed E-state index contributed by atoms with van der Waals surface area (Å²) in [6.07, 6.45) is 1.14. The SMILES string of the molecule is Cc1cc(C(=O)N2CCC[C@@H]2C(=O)O)nn1-c1ccc(Cl)c(Cl)c1. The summed E-state index contributed by atoms with van der Waals surface area (Å²) in [5.41, 5.74) is 1.63. The summed E-state index contributed by atoms with van der Waals surface area (Å²) in [5.74, 6) is -1.36. The normalized spacial score (nSPS) is 17.3. The molecule has 1 saturated heterocycles. The molecule has 1 fully saturated rings. The molecule has 1 aromatic carbocycles. The molecule has 8 heteroatoms. The maximum atomic E-state index is 12.6. The van der Waals surface area contributed by atoms with E-state index in [4.69, 9.17) is 23.2 Å². The molecular weight excluding hydrogens is 353 g/mol. The second kappa shape index (κ2) is 6.45. The van der Waals surface area contributed by atoms with Gasteiger partial charge in [0.15, 0.2) is 5.69 Å². The van der Waals surface area contributed by atoms with E-state index >= 15 is 0 Å². The third kappa shape index (κ3) is 2.99. The Bertz CT molecular complexity index is 819. The lowest BCUT2D eigenvalue weighted by Gasteiger charge is -2.20. The maximum absolute atomic E-state index is 12.6. The number of halogens is 2. The summed E-state index contributed by atoms with van der Waals surface area (Å²) in [6, 6.07) is 5.92. The number of nitrogens with zero attached hydrogens (tertiary/aromatic N) is 3. The summed E-state index contributed by atoms with van der Waals surface area (Å²) in [7, 11) is 0. The number of rotatable bonds is 3. The van der Waals surface area contributed by atoms with Gasteiger partial charge in [-0.1, -0.05) is 23.2 Å². The Balaban J connectivity index is 1.92. The molecular formula is C16H15Cl2N3O3. The van der Waals surface area contributed by atoms with Crippen LogP contribution < -0.4 is 0 Å². The molecule has 1 aromatic heterocycles. The van der Waals surface area contributed by atoms with E-state index in [-0.39, 0.29) is 11.6 Å². The van der Waals surface area contributed by atoms with Crippen LogP contribution in [0.25, 0.3) is 5.69 Å². The first-order valence-electron chi connectivity index (χ1n) is 7.44. The molecule has 0 aliphatic carbocycles. The smallest absolute Gasteiger partial charge is 0.326 e. The number of hydrogen-bond donors (Lipinski definition) is 1. The number of aromatic nitrogens is 2. The second-order valence-electron chi connectivity index (χ2n) is 5.68. The van der Waals surface area contributed by atoms with Crippen molar-refractivity contribution < 1.29 is 14.7 Å². The molecule has 2 heterocycles. The van der Waals surface area contributed by atoms with Crippen LogP contribution in [0.5, 0.6) is 0 Å². The van der Waals surface area contributed by atoms with E-state index in [1.807, 2.05) is 6.92 Å². The first kappa shape index (κ1) is 16.8. The number of aryl methyl sites for hydroxylation is 1. The third-order valence-corrected chi connectivity index (χ3v) is 4.79. The minimum Gasteiger partial charge on any atom is -0.480 e. The van der Waals surface area contributed by atoms with Crippen LogP contribution in [-0.2, 0) is 4.79 Å². The van der Waals surface area contributed by atoms with Crippen molar-refractivity contribution in [2.75, 3.05) is 6.54 Å². The van der Waals surface area contributed by atoms with Gasteiger partial charge < -0.3 is 10.0 Å². The third-order valence-electron chi connectivity index (χ3n) is 4.05. The monoisotopic (exact) mass is 367 g/mol. The lowest BCUT2D eigenvalue weighted by atomic mass is 10.2.